The van der Waals surface area contributed by atoms with Crippen molar-refractivity contribution in [3.8, 4) is 0 Å². The van der Waals surface area contributed by atoms with E-state index in [2.05, 4.69) is 4.98 Å². The van der Waals surface area contributed by atoms with Crippen molar-refractivity contribution in [2.75, 3.05) is 6.54 Å². The van der Waals surface area contributed by atoms with Gasteiger partial charge in [-0.1, -0.05) is 6.92 Å². The summed E-state index contributed by atoms with van der Waals surface area (Å²) in [6.07, 6.45) is 2.42. The van der Waals surface area contributed by atoms with Crippen molar-refractivity contribution in [3.05, 3.63) is 16.1 Å². The second kappa shape index (κ2) is 6.35. The maximum Gasteiger partial charge on any atom is 0.309 e. The molecule has 0 saturated carbocycles. The lowest BCUT2D eigenvalue weighted by Crippen LogP contribution is -2.39. The Morgan fingerprint density at radius 3 is 2.90 bits per heavy atom. The van der Waals surface area contributed by atoms with Crippen LogP contribution in [-0.4, -0.2) is 33.4 Å². The molecule has 2 rings (SSSR count). The van der Waals surface area contributed by atoms with Crippen molar-refractivity contribution in [3.63, 3.8) is 0 Å². The van der Waals surface area contributed by atoms with Crippen LogP contribution in [0.4, 0.5) is 0 Å². The Balaban J connectivity index is 2.42. The predicted molar refractivity (Wildman–Crippen MR) is 76.6 cm³/mol. The number of nitrogens with zero attached hydrogens (tertiary/aromatic N) is 2. The number of rotatable bonds is 4. The van der Waals surface area contributed by atoms with Gasteiger partial charge in [0.25, 0.3) is 0 Å². The number of aromatic nitrogens is 1. The van der Waals surface area contributed by atoms with Gasteiger partial charge < -0.3 is 10.0 Å². The molecule has 0 aliphatic carbocycles. The fourth-order valence-corrected chi connectivity index (χ4v) is 3.43. The molecule has 2 unspecified atom stereocenters. The van der Waals surface area contributed by atoms with E-state index in [9.17, 15) is 14.7 Å². The molecule has 6 heteroatoms. The fraction of sp³-hybridized carbons (Fsp3) is 0.643. The average molecular weight is 296 g/mol. The summed E-state index contributed by atoms with van der Waals surface area (Å²) >= 11 is 1.50. The fourth-order valence-electron chi connectivity index (χ4n) is 2.79. The first-order chi connectivity index (χ1) is 9.54. The van der Waals surface area contributed by atoms with Crippen LogP contribution in [0.2, 0.25) is 0 Å². The zero-order chi connectivity index (χ0) is 14.7. The molecule has 1 aromatic rings. The van der Waals surface area contributed by atoms with E-state index < -0.39 is 17.9 Å². The number of thiazole rings is 1. The number of carboxylic acids is 1. The highest BCUT2D eigenvalue weighted by molar-refractivity contribution is 7.09. The van der Waals surface area contributed by atoms with Crippen LogP contribution in [0.1, 0.15) is 49.4 Å². The first kappa shape index (κ1) is 15.0. The molecule has 2 heterocycles. The molecule has 2 atom stereocenters. The third kappa shape index (κ3) is 3.00. The van der Waals surface area contributed by atoms with Crippen LogP contribution in [0.3, 0.4) is 0 Å². The van der Waals surface area contributed by atoms with E-state index in [1.165, 1.54) is 11.3 Å². The van der Waals surface area contributed by atoms with Gasteiger partial charge in [-0.2, -0.15) is 0 Å². The lowest BCUT2D eigenvalue weighted by molar-refractivity contribution is -0.146. The molecule has 0 spiro atoms. The topological polar surface area (TPSA) is 70.5 Å². The quantitative estimate of drug-likeness (QED) is 0.927. The summed E-state index contributed by atoms with van der Waals surface area (Å²) < 4.78 is 0. The minimum atomic E-state index is -0.837. The van der Waals surface area contributed by atoms with Crippen molar-refractivity contribution in [1.82, 2.24) is 9.88 Å². The minimum absolute atomic E-state index is 0.0475. The van der Waals surface area contributed by atoms with Crippen molar-refractivity contribution in [2.24, 2.45) is 5.92 Å². The Kier molecular flexibility index (Phi) is 4.75. The smallest absolute Gasteiger partial charge is 0.309 e. The highest BCUT2D eigenvalue weighted by Gasteiger charge is 2.39. The number of hydrogen-bond acceptors (Lipinski definition) is 4. The van der Waals surface area contributed by atoms with Gasteiger partial charge in [-0.25, -0.2) is 4.98 Å². The molecule has 0 aromatic carbocycles. The maximum absolute atomic E-state index is 12.3. The number of amides is 1. The van der Waals surface area contributed by atoms with Gasteiger partial charge in [0.1, 0.15) is 0 Å². The van der Waals surface area contributed by atoms with Crippen LogP contribution in [0.5, 0.6) is 0 Å². The van der Waals surface area contributed by atoms with Gasteiger partial charge in [0, 0.05) is 18.3 Å². The van der Waals surface area contributed by atoms with Gasteiger partial charge in [-0.05, 0) is 26.2 Å². The van der Waals surface area contributed by atoms with Crippen LogP contribution in [0.25, 0.3) is 0 Å². The molecule has 5 nitrogen and oxygen atoms in total. The van der Waals surface area contributed by atoms with Crippen molar-refractivity contribution in [2.45, 2.75) is 45.6 Å². The number of carbonyl (C=O) groups is 2. The monoisotopic (exact) mass is 296 g/mol. The highest BCUT2D eigenvalue weighted by Crippen LogP contribution is 2.36. The third-order valence-electron chi connectivity index (χ3n) is 3.66. The summed E-state index contributed by atoms with van der Waals surface area (Å²) in [5.74, 6) is -1.35. The second-order valence-corrected chi connectivity index (χ2v) is 6.22. The summed E-state index contributed by atoms with van der Waals surface area (Å²) in [5, 5.41) is 12.3. The molecule has 1 amide bonds. The standard InChI is InChI=1S/C14H20N2O3S/c1-3-7-16-12(17)6-4-5-10(14(18)19)13(16)11-8-20-9(2)15-11/h8,10,13H,3-7H2,1-2H3,(H,18,19). The van der Waals surface area contributed by atoms with Gasteiger partial charge >= 0.3 is 5.97 Å². The summed E-state index contributed by atoms with van der Waals surface area (Å²) in [5.41, 5.74) is 0.726. The zero-order valence-electron chi connectivity index (χ0n) is 11.8. The summed E-state index contributed by atoms with van der Waals surface area (Å²) in [7, 11) is 0. The number of hydrogen-bond donors (Lipinski definition) is 1. The first-order valence-corrected chi connectivity index (χ1v) is 7.86. The average Bonchev–Trinajstić information content (AvgIpc) is 2.74. The maximum atomic E-state index is 12.3. The summed E-state index contributed by atoms with van der Waals surface area (Å²) in [4.78, 5) is 30.0. The Labute approximate surface area is 122 Å². The molecule has 20 heavy (non-hydrogen) atoms. The molecular formula is C14H20N2O3S. The molecule has 1 aliphatic rings. The third-order valence-corrected chi connectivity index (χ3v) is 4.46. The summed E-state index contributed by atoms with van der Waals surface area (Å²) in [6, 6.07) is -0.424. The van der Waals surface area contributed by atoms with Gasteiger partial charge in [-0.3, -0.25) is 9.59 Å². The Morgan fingerprint density at radius 1 is 1.60 bits per heavy atom. The van der Waals surface area contributed by atoms with E-state index in [0.29, 0.717) is 25.8 Å². The Bertz CT molecular complexity index is 500. The molecule has 0 bridgehead atoms. The van der Waals surface area contributed by atoms with E-state index in [0.717, 1.165) is 17.1 Å². The Hall–Kier alpha value is -1.43. The second-order valence-electron chi connectivity index (χ2n) is 5.16. The van der Waals surface area contributed by atoms with Gasteiger partial charge in [0.15, 0.2) is 0 Å². The predicted octanol–water partition coefficient (Wildman–Crippen LogP) is 2.62. The van der Waals surface area contributed by atoms with Crippen LogP contribution in [0, 0.1) is 12.8 Å². The normalized spacial score (nSPS) is 23.7. The van der Waals surface area contributed by atoms with E-state index >= 15 is 0 Å². The molecule has 0 radical (unpaired) electrons. The molecule has 1 saturated heterocycles. The molecule has 1 aromatic heterocycles. The Morgan fingerprint density at radius 2 is 2.35 bits per heavy atom. The number of aliphatic carboxylic acids is 1. The van der Waals surface area contributed by atoms with Crippen LogP contribution in [0.15, 0.2) is 5.38 Å². The van der Waals surface area contributed by atoms with Crippen molar-refractivity contribution >= 4 is 23.2 Å². The van der Waals surface area contributed by atoms with E-state index in [1.54, 1.807) is 4.90 Å². The van der Waals surface area contributed by atoms with Gasteiger partial charge in [-0.15, -0.1) is 11.3 Å². The SMILES string of the molecule is CCCN1C(=O)CCCC(C(=O)O)C1c1csc(C)n1. The lowest BCUT2D eigenvalue weighted by Gasteiger charge is -2.32. The molecule has 110 valence electrons. The number of carbonyl (C=O) groups excluding carboxylic acids is 1. The largest absolute Gasteiger partial charge is 0.481 e. The number of carboxylic acid groups (broad SMARTS) is 1. The van der Waals surface area contributed by atoms with Crippen LogP contribution in [-0.2, 0) is 9.59 Å². The van der Waals surface area contributed by atoms with Gasteiger partial charge in [0.2, 0.25) is 5.91 Å². The minimum Gasteiger partial charge on any atom is -0.481 e. The van der Waals surface area contributed by atoms with Crippen molar-refractivity contribution in [1.29, 1.82) is 0 Å². The molecule has 1 aliphatic heterocycles. The van der Waals surface area contributed by atoms with Gasteiger partial charge in [0.05, 0.1) is 22.7 Å². The van der Waals surface area contributed by atoms with Crippen LogP contribution < -0.4 is 0 Å². The van der Waals surface area contributed by atoms with Crippen LogP contribution >= 0.6 is 11.3 Å². The number of likely N-dealkylation sites (tertiary alicyclic amines) is 1. The van der Waals surface area contributed by atoms with E-state index in [1.807, 2.05) is 19.2 Å². The lowest BCUT2D eigenvalue weighted by atomic mass is 9.92. The van der Waals surface area contributed by atoms with Crippen molar-refractivity contribution < 1.29 is 14.7 Å². The highest BCUT2D eigenvalue weighted by atomic mass is 32.1. The molecular weight excluding hydrogens is 276 g/mol. The van der Waals surface area contributed by atoms with E-state index in [4.69, 9.17) is 0 Å². The molecule has 1 fully saturated rings. The zero-order valence-corrected chi connectivity index (χ0v) is 12.7. The number of aryl methyl sites for hydroxylation is 1. The molecule has 1 N–H and O–H groups in total. The summed E-state index contributed by atoms with van der Waals surface area (Å²) in [6.45, 7) is 4.48. The first-order valence-electron chi connectivity index (χ1n) is 6.99. The van der Waals surface area contributed by atoms with E-state index in [-0.39, 0.29) is 5.91 Å².